The van der Waals surface area contributed by atoms with E-state index in [1.54, 1.807) is 0 Å². The molecule has 16 heavy (non-hydrogen) atoms. The van der Waals surface area contributed by atoms with Crippen LogP contribution in [-0.2, 0) is 12.8 Å². The highest BCUT2D eigenvalue weighted by molar-refractivity contribution is 7.11. The highest BCUT2D eigenvalue weighted by Gasteiger charge is 2.33. The van der Waals surface area contributed by atoms with Crippen molar-refractivity contribution < 1.29 is 0 Å². The predicted octanol–water partition coefficient (Wildman–Crippen LogP) is 3.31. The van der Waals surface area contributed by atoms with Crippen LogP contribution in [0.1, 0.15) is 55.7 Å². The van der Waals surface area contributed by atoms with E-state index < -0.39 is 0 Å². The Morgan fingerprint density at radius 1 is 1.50 bits per heavy atom. The van der Waals surface area contributed by atoms with E-state index in [0.29, 0.717) is 11.3 Å². The maximum absolute atomic E-state index is 6.24. The molecule has 2 rings (SSSR count). The van der Waals surface area contributed by atoms with Crippen LogP contribution in [0.4, 0.5) is 0 Å². The topological polar surface area (TPSA) is 38.9 Å². The third kappa shape index (κ3) is 2.46. The first-order valence-corrected chi connectivity index (χ1v) is 6.93. The van der Waals surface area contributed by atoms with Crippen LogP contribution in [-0.4, -0.2) is 4.98 Å². The molecule has 1 heterocycles. The summed E-state index contributed by atoms with van der Waals surface area (Å²) in [4.78, 5) is 6.12. The quantitative estimate of drug-likeness (QED) is 0.858. The van der Waals surface area contributed by atoms with E-state index in [9.17, 15) is 0 Å². The molecular formula is C13H22N2S. The van der Waals surface area contributed by atoms with Gasteiger partial charge in [-0.3, -0.25) is 0 Å². The summed E-state index contributed by atoms with van der Waals surface area (Å²) in [5.41, 5.74) is 7.82. The minimum Gasteiger partial charge on any atom is -0.323 e. The Morgan fingerprint density at radius 3 is 2.81 bits per heavy atom. The molecule has 0 bridgehead atoms. The number of thiazole rings is 1. The van der Waals surface area contributed by atoms with Crippen LogP contribution in [0.15, 0.2) is 0 Å². The minimum atomic E-state index is 0.206. The van der Waals surface area contributed by atoms with Crippen LogP contribution in [0.25, 0.3) is 0 Å². The van der Waals surface area contributed by atoms with Gasteiger partial charge < -0.3 is 5.73 Å². The summed E-state index contributed by atoms with van der Waals surface area (Å²) in [6, 6.07) is 0.206. The lowest BCUT2D eigenvalue weighted by atomic mass is 9.77. The SMILES string of the molecule is CC(C)Cc1nc2c(s1)C(N)CC(C)(C)C2. The molecule has 1 aromatic rings. The maximum atomic E-state index is 6.24. The number of aromatic nitrogens is 1. The Labute approximate surface area is 102 Å². The van der Waals surface area contributed by atoms with Crippen LogP contribution in [0.2, 0.25) is 0 Å². The lowest BCUT2D eigenvalue weighted by molar-refractivity contribution is 0.282. The van der Waals surface area contributed by atoms with E-state index in [4.69, 9.17) is 10.7 Å². The molecule has 0 saturated heterocycles. The van der Waals surface area contributed by atoms with Crippen molar-refractivity contribution >= 4 is 11.3 Å². The molecule has 0 fully saturated rings. The molecule has 1 aliphatic carbocycles. The average Bonchev–Trinajstić information content (AvgIpc) is 2.43. The van der Waals surface area contributed by atoms with Gasteiger partial charge in [0.25, 0.3) is 0 Å². The van der Waals surface area contributed by atoms with Gasteiger partial charge in [0.2, 0.25) is 0 Å². The Balaban J connectivity index is 2.27. The molecule has 3 heteroatoms. The van der Waals surface area contributed by atoms with E-state index in [2.05, 4.69) is 27.7 Å². The van der Waals surface area contributed by atoms with Crippen LogP contribution >= 0.6 is 11.3 Å². The zero-order chi connectivity index (χ0) is 11.9. The fraction of sp³-hybridized carbons (Fsp3) is 0.769. The smallest absolute Gasteiger partial charge is 0.0934 e. The number of fused-ring (bicyclic) bond motifs is 1. The van der Waals surface area contributed by atoms with Crippen molar-refractivity contribution in [2.75, 3.05) is 0 Å². The summed E-state index contributed by atoms with van der Waals surface area (Å²) in [5.74, 6) is 0.678. The van der Waals surface area contributed by atoms with E-state index >= 15 is 0 Å². The van der Waals surface area contributed by atoms with Gasteiger partial charge in [-0.05, 0) is 24.2 Å². The predicted molar refractivity (Wildman–Crippen MR) is 69.7 cm³/mol. The summed E-state index contributed by atoms with van der Waals surface area (Å²) in [6.07, 6.45) is 3.26. The zero-order valence-electron chi connectivity index (χ0n) is 10.7. The molecule has 0 spiro atoms. The molecule has 0 aliphatic heterocycles. The zero-order valence-corrected chi connectivity index (χ0v) is 11.5. The normalized spacial score (nSPS) is 23.5. The van der Waals surface area contributed by atoms with Gasteiger partial charge in [-0.15, -0.1) is 11.3 Å². The molecule has 2 nitrogen and oxygen atoms in total. The van der Waals surface area contributed by atoms with Gasteiger partial charge in [-0.1, -0.05) is 27.7 Å². The Bertz CT molecular complexity index is 379. The van der Waals surface area contributed by atoms with E-state index in [1.807, 2.05) is 11.3 Å². The highest BCUT2D eigenvalue weighted by atomic mass is 32.1. The molecule has 2 N–H and O–H groups in total. The largest absolute Gasteiger partial charge is 0.323 e. The second kappa shape index (κ2) is 4.11. The van der Waals surface area contributed by atoms with E-state index in [1.165, 1.54) is 15.6 Å². The van der Waals surface area contributed by atoms with Crippen molar-refractivity contribution in [1.82, 2.24) is 4.98 Å². The van der Waals surface area contributed by atoms with Crippen LogP contribution in [0.5, 0.6) is 0 Å². The first-order valence-electron chi connectivity index (χ1n) is 6.11. The van der Waals surface area contributed by atoms with Crippen molar-refractivity contribution in [2.24, 2.45) is 17.1 Å². The van der Waals surface area contributed by atoms with Gasteiger partial charge in [0.1, 0.15) is 0 Å². The molecule has 1 unspecified atom stereocenters. The van der Waals surface area contributed by atoms with Gasteiger partial charge >= 0.3 is 0 Å². The summed E-state index contributed by atoms with van der Waals surface area (Å²) < 4.78 is 0. The summed E-state index contributed by atoms with van der Waals surface area (Å²) in [5, 5.41) is 1.27. The lowest BCUT2D eigenvalue weighted by Crippen LogP contribution is -2.28. The lowest BCUT2D eigenvalue weighted by Gasteiger charge is -2.32. The van der Waals surface area contributed by atoms with E-state index in [0.717, 1.165) is 19.3 Å². The molecule has 0 saturated carbocycles. The minimum absolute atomic E-state index is 0.206. The Kier molecular flexibility index (Phi) is 3.10. The van der Waals surface area contributed by atoms with Crippen LogP contribution in [0, 0.1) is 11.3 Å². The molecule has 1 atom stereocenters. The fourth-order valence-electron chi connectivity index (χ4n) is 2.48. The number of nitrogens with zero attached hydrogens (tertiary/aromatic N) is 1. The third-order valence-corrected chi connectivity index (χ3v) is 4.36. The second-order valence-electron chi connectivity index (χ2n) is 6.17. The molecule has 90 valence electrons. The summed E-state index contributed by atoms with van der Waals surface area (Å²) in [6.45, 7) is 9.06. The Hall–Kier alpha value is -0.410. The summed E-state index contributed by atoms with van der Waals surface area (Å²) >= 11 is 1.84. The first kappa shape index (κ1) is 12.1. The van der Waals surface area contributed by atoms with Gasteiger partial charge in [-0.25, -0.2) is 4.98 Å². The Morgan fingerprint density at radius 2 is 2.19 bits per heavy atom. The number of nitrogens with two attached hydrogens (primary N) is 1. The first-order chi connectivity index (χ1) is 7.37. The second-order valence-corrected chi connectivity index (χ2v) is 7.28. The van der Waals surface area contributed by atoms with Crippen molar-refractivity contribution in [3.05, 3.63) is 15.6 Å². The van der Waals surface area contributed by atoms with Gasteiger partial charge in [-0.2, -0.15) is 0 Å². The summed E-state index contributed by atoms with van der Waals surface area (Å²) in [7, 11) is 0. The van der Waals surface area contributed by atoms with Crippen molar-refractivity contribution in [2.45, 2.75) is 53.0 Å². The van der Waals surface area contributed by atoms with Crippen LogP contribution in [0.3, 0.4) is 0 Å². The van der Waals surface area contributed by atoms with Gasteiger partial charge in [0.05, 0.1) is 10.7 Å². The van der Waals surface area contributed by atoms with Crippen molar-refractivity contribution in [1.29, 1.82) is 0 Å². The standard InChI is InChI=1S/C13H22N2S/c1-8(2)5-11-15-10-7-13(3,4)6-9(14)12(10)16-11/h8-9H,5-7,14H2,1-4H3. The van der Waals surface area contributed by atoms with Crippen molar-refractivity contribution in [3.63, 3.8) is 0 Å². The molecule has 0 amide bonds. The molecule has 0 radical (unpaired) electrons. The van der Waals surface area contributed by atoms with Gasteiger partial charge in [0.15, 0.2) is 0 Å². The van der Waals surface area contributed by atoms with Gasteiger partial charge in [0, 0.05) is 17.3 Å². The molecule has 1 aromatic heterocycles. The fourth-order valence-corrected chi connectivity index (χ4v) is 3.78. The van der Waals surface area contributed by atoms with Crippen molar-refractivity contribution in [3.8, 4) is 0 Å². The van der Waals surface area contributed by atoms with E-state index in [-0.39, 0.29) is 6.04 Å². The highest BCUT2D eigenvalue weighted by Crippen LogP contribution is 2.42. The monoisotopic (exact) mass is 238 g/mol. The molecular weight excluding hydrogens is 216 g/mol. The van der Waals surface area contributed by atoms with Crippen LogP contribution < -0.4 is 5.73 Å². The maximum Gasteiger partial charge on any atom is 0.0934 e. The molecule has 1 aliphatic rings. The number of hydrogen-bond donors (Lipinski definition) is 1. The number of hydrogen-bond acceptors (Lipinski definition) is 3. The third-order valence-electron chi connectivity index (χ3n) is 3.11. The molecule has 0 aromatic carbocycles. The average molecular weight is 238 g/mol. The number of rotatable bonds is 2.